The topological polar surface area (TPSA) is 76.4 Å². The van der Waals surface area contributed by atoms with Crippen molar-refractivity contribution >= 4 is 16.9 Å². The average Bonchev–Trinajstić information content (AvgIpc) is 2.70. The van der Waals surface area contributed by atoms with Gasteiger partial charge in [-0.3, -0.25) is 0 Å². The van der Waals surface area contributed by atoms with Crippen molar-refractivity contribution in [2.75, 3.05) is 0 Å². The second kappa shape index (κ2) is 3.61. The van der Waals surface area contributed by atoms with Crippen molar-refractivity contribution in [1.82, 2.24) is 9.55 Å². The summed E-state index contributed by atoms with van der Waals surface area (Å²) >= 11 is 0. The Kier molecular flexibility index (Phi) is 2.29. The maximum atomic E-state index is 8.61. The number of imidazole rings is 1. The molecule has 0 radical (unpaired) electrons. The van der Waals surface area contributed by atoms with E-state index in [1.807, 2.05) is 35.8 Å². The standard InChI is InChI=1S/C10H12N4O/c1-7(10(11)13-15)14-6-12-8-4-2-3-5-9(8)14/h2-7,15H,1H3,(H2,11,13). The third-order valence-electron chi connectivity index (χ3n) is 2.44. The Balaban J connectivity index is 2.53. The van der Waals surface area contributed by atoms with Gasteiger partial charge in [-0.2, -0.15) is 0 Å². The zero-order valence-electron chi connectivity index (χ0n) is 8.33. The van der Waals surface area contributed by atoms with Crippen molar-refractivity contribution in [2.24, 2.45) is 10.9 Å². The molecule has 5 heteroatoms. The molecule has 0 spiro atoms. The average molecular weight is 204 g/mol. The van der Waals surface area contributed by atoms with E-state index in [1.54, 1.807) is 6.33 Å². The predicted molar refractivity (Wildman–Crippen MR) is 57.9 cm³/mol. The molecule has 2 rings (SSSR count). The minimum absolute atomic E-state index is 0.165. The largest absolute Gasteiger partial charge is 0.409 e. The fraction of sp³-hybridized carbons (Fsp3) is 0.200. The summed E-state index contributed by atoms with van der Waals surface area (Å²) in [6.07, 6.45) is 1.69. The van der Waals surface area contributed by atoms with Gasteiger partial charge in [0.1, 0.15) is 0 Å². The van der Waals surface area contributed by atoms with Crippen molar-refractivity contribution in [2.45, 2.75) is 13.0 Å². The summed E-state index contributed by atoms with van der Waals surface area (Å²) in [5.74, 6) is 0.165. The Morgan fingerprint density at radius 1 is 1.53 bits per heavy atom. The number of rotatable bonds is 2. The van der Waals surface area contributed by atoms with Gasteiger partial charge in [0.05, 0.1) is 23.4 Å². The van der Waals surface area contributed by atoms with E-state index in [4.69, 9.17) is 10.9 Å². The number of hydrogen-bond donors (Lipinski definition) is 2. The Morgan fingerprint density at radius 3 is 3.00 bits per heavy atom. The SMILES string of the molecule is CC(C(N)=NO)n1cnc2ccccc21. The first-order valence-electron chi connectivity index (χ1n) is 4.63. The van der Waals surface area contributed by atoms with Crippen LogP contribution in [0.25, 0.3) is 11.0 Å². The van der Waals surface area contributed by atoms with Crippen LogP contribution in [-0.2, 0) is 0 Å². The molecule has 1 aromatic carbocycles. The first kappa shape index (κ1) is 9.51. The highest BCUT2D eigenvalue weighted by atomic mass is 16.4. The van der Waals surface area contributed by atoms with Crippen LogP contribution in [-0.4, -0.2) is 20.6 Å². The predicted octanol–water partition coefficient (Wildman–Crippen LogP) is 1.34. The fourth-order valence-corrected chi connectivity index (χ4v) is 1.51. The second-order valence-electron chi connectivity index (χ2n) is 3.34. The molecule has 0 aliphatic carbocycles. The van der Waals surface area contributed by atoms with Gasteiger partial charge in [0.2, 0.25) is 0 Å². The molecule has 0 saturated carbocycles. The Bertz CT molecular complexity index is 503. The summed E-state index contributed by atoms with van der Waals surface area (Å²) in [5.41, 5.74) is 7.42. The summed E-state index contributed by atoms with van der Waals surface area (Å²) in [6, 6.07) is 7.52. The molecule has 0 saturated heterocycles. The number of hydrogen-bond acceptors (Lipinski definition) is 3. The van der Waals surface area contributed by atoms with Crippen LogP contribution < -0.4 is 5.73 Å². The van der Waals surface area contributed by atoms with Crippen LogP contribution in [0.15, 0.2) is 35.7 Å². The number of benzene rings is 1. The number of amidine groups is 1. The molecule has 2 aromatic rings. The molecule has 0 fully saturated rings. The molecular formula is C10H12N4O. The lowest BCUT2D eigenvalue weighted by atomic mass is 10.2. The van der Waals surface area contributed by atoms with Crippen LogP contribution in [0.1, 0.15) is 13.0 Å². The van der Waals surface area contributed by atoms with Crippen molar-refractivity contribution < 1.29 is 5.21 Å². The van der Waals surface area contributed by atoms with Gasteiger partial charge >= 0.3 is 0 Å². The van der Waals surface area contributed by atoms with Crippen molar-refractivity contribution in [3.05, 3.63) is 30.6 Å². The van der Waals surface area contributed by atoms with E-state index >= 15 is 0 Å². The van der Waals surface area contributed by atoms with Crippen molar-refractivity contribution in [3.63, 3.8) is 0 Å². The van der Waals surface area contributed by atoms with E-state index in [0.29, 0.717) is 0 Å². The molecular weight excluding hydrogens is 192 g/mol. The third-order valence-corrected chi connectivity index (χ3v) is 2.44. The lowest BCUT2D eigenvalue weighted by Gasteiger charge is -2.11. The van der Waals surface area contributed by atoms with E-state index in [2.05, 4.69) is 10.1 Å². The van der Waals surface area contributed by atoms with Crippen LogP contribution in [0, 0.1) is 0 Å². The van der Waals surface area contributed by atoms with Gasteiger partial charge in [-0.05, 0) is 19.1 Å². The fourth-order valence-electron chi connectivity index (χ4n) is 1.51. The van der Waals surface area contributed by atoms with Crippen LogP contribution in [0.5, 0.6) is 0 Å². The number of oxime groups is 1. The zero-order chi connectivity index (χ0) is 10.8. The second-order valence-corrected chi connectivity index (χ2v) is 3.34. The number of nitrogens with zero attached hydrogens (tertiary/aromatic N) is 3. The quantitative estimate of drug-likeness (QED) is 0.335. The molecule has 1 unspecified atom stereocenters. The number of aromatic nitrogens is 2. The lowest BCUT2D eigenvalue weighted by Crippen LogP contribution is -2.23. The molecule has 0 bridgehead atoms. The third kappa shape index (κ3) is 1.52. The van der Waals surface area contributed by atoms with Crippen LogP contribution >= 0.6 is 0 Å². The summed E-state index contributed by atoms with van der Waals surface area (Å²) in [7, 11) is 0. The molecule has 15 heavy (non-hydrogen) atoms. The van der Waals surface area contributed by atoms with E-state index in [9.17, 15) is 0 Å². The van der Waals surface area contributed by atoms with Gasteiger partial charge in [0.25, 0.3) is 0 Å². The smallest absolute Gasteiger partial charge is 0.162 e. The van der Waals surface area contributed by atoms with Crippen LogP contribution in [0.4, 0.5) is 0 Å². The first-order valence-corrected chi connectivity index (χ1v) is 4.63. The van der Waals surface area contributed by atoms with Crippen LogP contribution in [0.2, 0.25) is 0 Å². The van der Waals surface area contributed by atoms with E-state index in [-0.39, 0.29) is 11.9 Å². The minimum Gasteiger partial charge on any atom is -0.409 e. The Hall–Kier alpha value is -2.04. The highest BCUT2D eigenvalue weighted by Gasteiger charge is 2.12. The van der Waals surface area contributed by atoms with Crippen LogP contribution in [0.3, 0.4) is 0 Å². The first-order chi connectivity index (χ1) is 7.24. The Morgan fingerprint density at radius 2 is 2.27 bits per heavy atom. The summed E-state index contributed by atoms with van der Waals surface area (Å²) in [6.45, 7) is 1.85. The molecule has 78 valence electrons. The minimum atomic E-state index is -0.206. The number of nitrogens with two attached hydrogens (primary N) is 1. The van der Waals surface area contributed by atoms with Gasteiger partial charge in [-0.15, -0.1) is 0 Å². The van der Waals surface area contributed by atoms with Gasteiger partial charge in [-0.25, -0.2) is 4.98 Å². The Labute approximate surface area is 86.8 Å². The molecule has 1 aromatic heterocycles. The molecule has 1 atom stereocenters. The highest BCUT2D eigenvalue weighted by molar-refractivity contribution is 5.86. The van der Waals surface area contributed by atoms with Crippen molar-refractivity contribution in [3.8, 4) is 0 Å². The molecule has 0 aliphatic heterocycles. The van der Waals surface area contributed by atoms with Gasteiger partial charge < -0.3 is 15.5 Å². The molecule has 0 amide bonds. The van der Waals surface area contributed by atoms with Crippen molar-refractivity contribution in [1.29, 1.82) is 0 Å². The molecule has 1 heterocycles. The number of para-hydroxylation sites is 2. The number of fused-ring (bicyclic) bond motifs is 1. The van der Waals surface area contributed by atoms with Gasteiger partial charge in [-0.1, -0.05) is 17.3 Å². The normalized spacial score (nSPS) is 14.3. The maximum Gasteiger partial charge on any atom is 0.162 e. The molecule has 3 N–H and O–H groups in total. The van der Waals surface area contributed by atoms with Gasteiger partial charge in [0.15, 0.2) is 5.84 Å². The maximum absolute atomic E-state index is 8.61. The summed E-state index contributed by atoms with van der Waals surface area (Å²) < 4.78 is 1.87. The molecule has 0 aliphatic rings. The van der Waals surface area contributed by atoms with E-state index in [1.165, 1.54) is 0 Å². The van der Waals surface area contributed by atoms with Gasteiger partial charge in [0, 0.05) is 0 Å². The summed E-state index contributed by atoms with van der Waals surface area (Å²) in [5, 5.41) is 11.6. The lowest BCUT2D eigenvalue weighted by molar-refractivity contribution is 0.314. The van der Waals surface area contributed by atoms with E-state index in [0.717, 1.165) is 11.0 Å². The summed E-state index contributed by atoms with van der Waals surface area (Å²) in [4.78, 5) is 4.23. The zero-order valence-corrected chi connectivity index (χ0v) is 8.33. The van der Waals surface area contributed by atoms with E-state index < -0.39 is 0 Å². The molecule has 5 nitrogen and oxygen atoms in total. The monoisotopic (exact) mass is 204 g/mol. The highest BCUT2D eigenvalue weighted by Crippen LogP contribution is 2.16.